The highest BCUT2D eigenvalue weighted by Crippen LogP contribution is 2.27. The third-order valence-electron chi connectivity index (χ3n) is 2.90. The maximum absolute atomic E-state index is 12.6. The third-order valence-corrected chi connectivity index (χ3v) is 2.90. The molecule has 0 saturated carbocycles. The van der Waals surface area contributed by atoms with E-state index in [9.17, 15) is 22.8 Å². The fourth-order valence-electron chi connectivity index (χ4n) is 1.81. The molecule has 2 aromatic heterocycles. The molecule has 2 heterocycles. The number of halogens is 3. The lowest BCUT2D eigenvalue weighted by Gasteiger charge is -2.11. The van der Waals surface area contributed by atoms with Gasteiger partial charge in [0.2, 0.25) is 0 Å². The van der Waals surface area contributed by atoms with Gasteiger partial charge in [0.25, 0.3) is 11.1 Å². The number of rotatable bonds is 3. The molecule has 2 N–H and O–H groups in total. The van der Waals surface area contributed by atoms with E-state index in [2.05, 4.69) is 0 Å². The fraction of sp³-hybridized carbons (Fsp3) is 0.231. The van der Waals surface area contributed by atoms with Crippen LogP contribution in [0.25, 0.3) is 0 Å². The first-order valence-corrected chi connectivity index (χ1v) is 6.01. The highest BCUT2D eigenvalue weighted by molar-refractivity contribution is 5.33. The van der Waals surface area contributed by atoms with E-state index in [1.54, 1.807) is 0 Å². The maximum Gasteiger partial charge on any atom is 0.417 e. The van der Waals surface area contributed by atoms with Gasteiger partial charge in [-0.2, -0.15) is 13.2 Å². The molecule has 8 heteroatoms. The molecular formula is C13H12F3N3O2. The van der Waals surface area contributed by atoms with Gasteiger partial charge < -0.3 is 14.9 Å². The van der Waals surface area contributed by atoms with Crippen LogP contribution in [-0.2, 0) is 19.3 Å². The van der Waals surface area contributed by atoms with Crippen molar-refractivity contribution < 1.29 is 13.2 Å². The first kappa shape index (κ1) is 14.9. The van der Waals surface area contributed by atoms with Crippen molar-refractivity contribution in [3.8, 4) is 0 Å². The summed E-state index contributed by atoms with van der Waals surface area (Å²) in [6, 6.07) is 4.26. The van der Waals surface area contributed by atoms with Crippen LogP contribution in [0.15, 0.2) is 46.2 Å². The quantitative estimate of drug-likeness (QED) is 0.929. The highest BCUT2D eigenvalue weighted by atomic mass is 19.4. The number of hydrogen-bond acceptors (Lipinski definition) is 3. The molecule has 0 aliphatic heterocycles. The number of nitrogens with two attached hydrogens (primary N) is 1. The minimum Gasteiger partial charge on any atom is -0.398 e. The first-order valence-electron chi connectivity index (χ1n) is 6.01. The standard InChI is InChI=1S/C13H12F3N3O2/c14-13(15,16)9-1-3-11(20)18(7-9)5-6-19-8-10(17)2-4-12(19)21/h1-4,7-8H,5-6,17H2. The summed E-state index contributed by atoms with van der Waals surface area (Å²) in [4.78, 5) is 23.1. The SMILES string of the molecule is Nc1ccc(=O)n(CCn2cc(C(F)(F)F)ccc2=O)c1. The van der Waals surface area contributed by atoms with E-state index in [4.69, 9.17) is 5.73 Å². The molecule has 0 aliphatic rings. The van der Waals surface area contributed by atoms with Crippen LogP contribution in [0.2, 0.25) is 0 Å². The molecule has 0 radical (unpaired) electrons. The number of nitrogens with zero attached hydrogens (tertiary/aromatic N) is 2. The van der Waals surface area contributed by atoms with Crippen LogP contribution in [0.5, 0.6) is 0 Å². The Balaban J connectivity index is 2.26. The van der Waals surface area contributed by atoms with E-state index >= 15 is 0 Å². The molecule has 0 fully saturated rings. The van der Waals surface area contributed by atoms with Gasteiger partial charge in [-0.1, -0.05) is 0 Å². The monoisotopic (exact) mass is 299 g/mol. The summed E-state index contributed by atoms with van der Waals surface area (Å²) in [5, 5.41) is 0. The topological polar surface area (TPSA) is 70.0 Å². The van der Waals surface area contributed by atoms with E-state index < -0.39 is 17.3 Å². The summed E-state index contributed by atoms with van der Waals surface area (Å²) in [5.74, 6) is 0. The van der Waals surface area contributed by atoms with Crippen LogP contribution in [0.4, 0.5) is 18.9 Å². The van der Waals surface area contributed by atoms with Gasteiger partial charge in [-0.15, -0.1) is 0 Å². The van der Waals surface area contributed by atoms with Crippen molar-refractivity contribution in [3.63, 3.8) is 0 Å². The lowest BCUT2D eigenvalue weighted by atomic mass is 10.3. The Kier molecular flexibility index (Phi) is 3.88. The Bertz CT molecular complexity index is 762. The number of hydrogen-bond donors (Lipinski definition) is 1. The van der Waals surface area contributed by atoms with Crippen LogP contribution >= 0.6 is 0 Å². The molecule has 0 bridgehead atoms. The second-order valence-electron chi connectivity index (χ2n) is 4.44. The molecule has 0 saturated heterocycles. The van der Waals surface area contributed by atoms with E-state index in [0.717, 1.165) is 22.9 Å². The molecule has 0 unspecified atom stereocenters. The zero-order valence-electron chi connectivity index (χ0n) is 10.8. The van der Waals surface area contributed by atoms with Gasteiger partial charge >= 0.3 is 6.18 Å². The van der Waals surface area contributed by atoms with E-state index in [1.807, 2.05) is 0 Å². The molecule has 2 aromatic rings. The van der Waals surface area contributed by atoms with Gasteiger partial charge in [-0.25, -0.2) is 0 Å². The number of aryl methyl sites for hydroxylation is 2. The van der Waals surface area contributed by atoms with Gasteiger partial charge in [-0.3, -0.25) is 9.59 Å². The Morgan fingerprint density at radius 2 is 1.43 bits per heavy atom. The zero-order chi connectivity index (χ0) is 15.6. The highest BCUT2D eigenvalue weighted by Gasteiger charge is 2.30. The minimum absolute atomic E-state index is 0.0467. The van der Waals surface area contributed by atoms with Crippen LogP contribution in [0.1, 0.15) is 5.56 Å². The average Bonchev–Trinajstić information content (AvgIpc) is 2.40. The largest absolute Gasteiger partial charge is 0.417 e. The Labute approximate surface area is 117 Å². The van der Waals surface area contributed by atoms with Gasteiger partial charge in [0.1, 0.15) is 0 Å². The van der Waals surface area contributed by atoms with Crippen molar-refractivity contribution in [1.82, 2.24) is 9.13 Å². The molecule has 0 atom stereocenters. The summed E-state index contributed by atoms with van der Waals surface area (Å²) in [7, 11) is 0. The van der Waals surface area contributed by atoms with Crippen molar-refractivity contribution in [1.29, 1.82) is 0 Å². The average molecular weight is 299 g/mol. The molecule has 112 valence electrons. The van der Waals surface area contributed by atoms with E-state index in [-0.39, 0.29) is 18.6 Å². The number of nitrogen functional groups attached to an aromatic ring is 1. The second-order valence-corrected chi connectivity index (χ2v) is 4.44. The summed E-state index contributed by atoms with van der Waals surface area (Å²) in [5.41, 5.74) is 4.06. The van der Waals surface area contributed by atoms with Crippen molar-refractivity contribution in [3.05, 3.63) is 62.9 Å². The van der Waals surface area contributed by atoms with Crippen LogP contribution in [0.3, 0.4) is 0 Å². The molecular weight excluding hydrogens is 287 g/mol. The summed E-state index contributed by atoms with van der Waals surface area (Å²) < 4.78 is 39.9. The van der Waals surface area contributed by atoms with Crippen molar-refractivity contribution >= 4 is 5.69 Å². The lowest BCUT2D eigenvalue weighted by molar-refractivity contribution is -0.138. The predicted molar refractivity (Wildman–Crippen MR) is 70.8 cm³/mol. The van der Waals surface area contributed by atoms with E-state index in [1.165, 1.54) is 22.9 Å². The fourth-order valence-corrected chi connectivity index (χ4v) is 1.81. The van der Waals surface area contributed by atoms with Gasteiger partial charge in [-0.05, 0) is 12.1 Å². The summed E-state index contributed by atoms with van der Waals surface area (Å²) in [6.07, 6.45) is -2.41. The van der Waals surface area contributed by atoms with Crippen molar-refractivity contribution in [2.75, 3.05) is 5.73 Å². The van der Waals surface area contributed by atoms with Crippen LogP contribution < -0.4 is 16.9 Å². The molecule has 0 aliphatic carbocycles. The first-order chi connectivity index (χ1) is 9.77. The van der Waals surface area contributed by atoms with Crippen LogP contribution in [-0.4, -0.2) is 9.13 Å². The number of aromatic nitrogens is 2. The van der Waals surface area contributed by atoms with Gasteiger partial charge in [0, 0.05) is 43.3 Å². The van der Waals surface area contributed by atoms with Gasteiger partial charge in [0.15, 0.2) is 0 Å². The minimum atomic E-state index is -4.52. The Morgan fingerprint density at radius 3 is 2.00 bits per heavy atom. The number of pyridine rings is 2. The molecule has 5 nitrogen and oxygen atoms in total. The predicted octanol–water partition coefficient (Wildman–Crippen LogP) is 1.31. The molecule has 21 heavy (non-hydrogen) atoms. The number of anilines is 1. The molecule has 0 amide bonds. The van der Waals surface area contributed by atoms with Crippen LogP contribution in [0, 0.1) is 0 Å². The lowest BCUT2D eigenvalue weighted by Crippen LogP contribution is -2.27. The smallest absolute Gasteiger partial charge is 0.398 e. The summed E-state index contributed by atoms with van der Waals surface area (Å²) >= 11 is 0. The zero-order valence-corrected chi connectivity index (χ0v) is 10.8. The summed E-state index contributed by atoms with van der Waals surface area (Å²) in [6.45, 7) is -0.0167. The Hall–Kier alpha value is -2.51. The number of alkyl halides is 3. The maximum atomic E-state index is 12.6. The molecule has 0 aromatic carbocycles. The van der Waals surface area contributed by atoms with Gasteiger partial charge in [0.05, 0.1) is 5.56 Å². The van der Waals surface area contributed by atoms with E-state index in [0.29, 0.717) is 5.69 Å². The van der Waals surface area contributed by atoms with Crippen molar-refractivity contribution in [2.24, 2.45) is 0 Å². The third kappa shape index (κ3) is 3.53. The Morgan fingerprint density at radius 1 is 0.905 bits per heavy atom. The molecule has 2 rings (SSSR count). The molecule has 0 spiro atoms. The normalized spacial score (nSPS) is 11.6. The van der Waals surface area contributed by atoms with Crippen molar-refractivity contribution in [2.45, 2.75) is 19.3 Å². The second kappa shape index (κ2) is 5.47.